The zero-order valence-electron chi connectivity index (χ0n) is 12.8. The number of nitrogens with zero attached hydrogens (tertiary/aromatic N) is 1. The van der Waals surface area contributed by atoms with Crippen LogP contribution in [-0.2, 0) is 0 Å². The number of fused-ring (bicyclic) bond motifs is 1. The van der Waals surface area contributed by atoms with Crippen molar-refractivity contribution in [2.45, 2.75) is 6.92 Å². The van der Waals surface area contributed by atoms with Gasteiger partial charge < -0.3 is 9.15 Å². The van der Waals surface area contributed by atoms with E-state index in [-0.39, 0.29) is 27.1 Å². The highest BCUT2D eigenvalue weighted by Crippen LogP contribution is 2.27. The number of hydrogen-bond acceptors (Lipinski definition) is 6. The number of benzene rings is 2. The summed E-state index contributed by atoms with van der Waals surface area (Å²) in [6.07, 6.45) is 0. The largest absolute Gasteiger partial charge is 0.423 e. The molecule has 0 aliphatic carbocycles. The second kappa shape index (κ2) is 6.48. The van der Waals surface area contributed by atoms with Gasteiger partial charge in [-0.05, 0) is 52.7 Å². The Bertz CT molecular complexity index is 1070. The van der Waals surface area contributed by atoms with E-state index in [2.05, 4.69) is 15.9 Å². The maximum atomic E-state index is 12.2. The molecular weight excluding hydrogens is 394 g/mol. The smallest absolute Gasteiger partial charge is 0.343 e. The minimum atomic E-state index is -0.759. The summed E-state index contributed by atoms with van der Waals surface area (Å²) >= 11 is 3.05. The third-order valence-electron chi connectivity index (χ3n) is 3.51. The van der Waals surface area contributed by atoms with Crippen molar-refractivity contribution in [1.82, 2.24) is 0 Å². The van der Waals surface area contributed by atoms with Gasteiger partial charge in [0.25, 0.3) is 5.69 Å². The average Bonchev–Trinajstić information content (AvgIpc) is 2.54. The van der Waals surface area contributed by atoms with Crippen LogP contribution in [0.2, 0.25) is 0 Å². The molecule has 0 saturated heterocycles. The van der Waals surface area contributed by atoms with Crippen LogP contribution in [0.5, 0.6) is 5.75 Å². The molecule has 1 heterocycles. The first kappa shape index (κ1) is 16.8. The number of aryl methyl sites for hydroxylation is 1. The van der Waals surface area contributed by atoms with Crippen LogP contribution in [0.4, 0.5) is 5.69 Å². The van der Waals surface area contributed by atoms with Gasteiger partial charge in [0, 0.05) is 23.6 Å². The molecule has 0 amide bonds. The van der Waals surface area contributed by atoms with Gasteiger partial charge in [-0.25, -0.2) is 9.59 Å². The molecule has 126 valence electrons. The number of hydrogen-bond donors (Lipinski definition) is 0. The minimum absolute atomic E-state index is 0.0284. The summed E-state index contributed by atoms with van der Waals surface area (Å²) in [7, 11) is 0. The molecule has 3 aromatic rings. The Hall–Kier alpha value is -3.00. The van der Waals surface area contributed by atoms with E-state index in [1.807, 2.05) is 0 Å². The lowest BCUT2D eigenvalue weighted by Crippen LogP contribution is -2.09. The fourth-order valence-electron chi connectivity index (χ4n) is 2.31. The van der Waals surface area contributed by atoms with E-state index in [0.29, 0.717) is 0 Å². The molecule has 0 fully saturated rings. The monoisotopic (exact) mass is 403 g/mol. The van der Waals surface area contributed by atoms with Crippen molar-refractivity contribution in [2.75, 3.05) is 0 Å². The van der Waals surface area contributed by atoms with Crippen molar-refractivity contribution in [2.24, 2.45) is 0 Å². The van der Waals surface area contributed by atoms with Crippen LogP contribution >= 0.6 is 15.9 Å². The third kappa shape index (κ3) is 3.43. The summed E-state index contributed by atoms with van der Waals surface area (Å²) in [5.74, 6) is -0.596. The summed E-state index contributed by atoms with van der Waals surface area (Å²) in [5.41, 5.74) is 0.317. The van der Waals surface area contributed by atoms with Crippen LogP contribution in [0, 0.1) is 17.0 Å². The summed E-state index contributed by atoms with van der Waals surface area (Å²) in [6, 6.07) is 9.95. The van der Waals surface area contributed by atoms with Crippen molar-refractivity contribution < 1.29 is 18.9 Å². The van der Waals surface area contributed by atoms with Crippen molar-refractivity contribution in [3.8, 4) is 5.75 Å². The molecule has 0 saturated carbocycles. The van der Waals surface area contributed by atoms with E-state index >= 15 is 0 Å². The predicted molar refractivity (Wildman–Crippen MR) is 93.0 cm³/mol. The molecule has 0 atom stereocenters. The highest BCUT2D eigenvalue weighted by Gasteiger charge is 2.17. The van der Waals surface area contributed by atoms with Gasteiger partial charge in [0.15, 0.2) is 0 Å². The molecule has 25 heavy (non-hydrogen) atoms. The number of ether oxygens (including phenoxy) is 1. The van der Waals surface area contributed by atoms with Crippen molar-refractivity contribution in [3.05, 3.63) is 78.6 Å². The van der Waals surface area contributed by atoms with E-state index in [4.69, 9.17) is 9.15 Å². The minimum Gasteiger partial charge on any atom is -0.423 e. The molecule has 3 rings (SSSR count). The summed E-state index contributed by atoms with van der Waals surface area (Å²) in [6.45, 7) is 1.77. The molecule has 7 nitrogen and oxygen atoms in total. The average molecular weight is 404 g/mol. The van der Waals surface area contributed by atoms with Crippen molar-refractivity contribution in [3.63, 3.8) is 0 Å². The maximum Gasteiger partial charge on any atom is 0.343 e. The van der Waals surface area contributed by atoms with Crippen LogP contribution < -0.4 is 10.4 Å². The van der Waals surface area contributed by atoms with Crippen LogP contribution in [-0.4, -0.2) is 10.9 Å². The first-order valence-corrected chi connectivity index (χ1v) is 7.85. The number of nitro benzene ring substituents is 1. The Labute approximate surface area is 149 Å². The summed E-state index contributed by atoms with van der Waals surface area (Å²) < 4.78 is 10.6. The highest BCUT2D eigenvalue weighted by atomic mass is 79.9. The Morgan fingerprint density at radius 1 is 1.20 bits per heavy atom. The van der Waals surface area contributed by atoms with E-state index in [1.54, 1.807) is 19.1 Å². The van der Waals surface area contributed by atoms with Crippen LogP contribution in [0.25, 0.3) is 11.0 Å². The van der Waals surface area contributed by atoms with Crippen LogP contribution in [0.1, 0.15) is 15.9 Å². The lowest BCUT2D eigenvalue weighted by molar-refractivity contribution is -0.385. The normalized spacial score (nSPS) is 10.6. The van der Waals surface area contributed by atoms with Gasteiger partial charge in [0.05, 0.1) is 15.0 Å². The topological polar surface area (TPSA) is 99.7 Å². The van der Waals surface area contributed by atoms with Gasteiger partial charge in [0.1, 0.15) is 11.3 Å². The van der Waals surface area contributed by atoms with Gasteiger partial charge >= 0.3 is 11.6 Å². The Morgan fingerprint density at radius 2 is 1.96 bits per heavy atom. The SMILES string of the molecule is Cc1cc(=O)oc2cc(OC(=O)c3ccc(Br)c([N+](=O)[O-])c3)ccc12. The molecule has 0 aliphatic heterocycles. The van der Waals surface area contributed by atoms with Gasteiger partial charge in [-0.15, -0.1) is 0 Å². The highest BCUT2D eigenvalue weighted by molar-refractivity contribution is 9.10. The van der Waals surface area contributed by atoms with Crippen molar-refractivity contribution in [1.29, 1.82) is 0 Å². The molecule has 0 unspecified atom stereocenters. The lowest BCUT2D eigenvalue weighted by atomic mass is 10.1. The molecule has 2 aromatic carbocycles. The van der Waals surface area contributed by atoms with Gasteiger partial charge in [-0.3, -0.25) is 10.1 Å². The first-order chi connectivity index (χ1) is 11.8. The Balaban J connectivity index is 1.93. The molecule has 8 heteroatoms. The van der Waals surface area contributed by atoms with Crippen LogP contribution in [0.15, 0.2) is 56.1 Å². The maximum absolute atomic E-state index is 12.2. The lowest BCUT2D eigenvalue weighted by Gasteiger charge is -2.06. The van der Waals surface area contributed by atoms with Gasteiger partial charge in [-0.1, -0.05) is 0 Å². The molecule has 0 radical (unpaired) electrons. The number of halogens is 1. The predicted octanol–water partition coefficient (Wildman–Crippen LogP) is 3.99. The van der Waals surface area contributed by atoms with Gasteiger partial charge in [0.2, 0.25) is 0 Å². The van der Waals surface area contributed by atoms with E-state index < -0.39 is 16.5 Å². The molecule has 0 aliphatic rings. The second-order valence-corrected chi connectivity index (χ2v) is 6.07. The quantitative estimate of drug-likeness (QED) is 0.215. The van der Waals surface area contributed by atoms with E-state index in [1.165, 1.54) is 24.3 Å². The third-order valence-corrected chi connectivity index (χ3v) is 4.18. The zero-order valence-corrected chi connectivity index (χ0v) is 14.4. The van der Waals surface area contributed by atoms with E-state index in [9.17, 15) is 19.7 Å². The molecular formula is C17H10BrNO6. The zero-order chi connectivity index (χ0) is 18.1. The molecule has 0 spiro atoms. The standard InChI is InChI=1S/C17H10BrNO6/c1-9-6-16(20)25-15-8-11(3-4-12(9)15)24-17(21)10-2-5-13(18)14(7-10)19(22)23/h2-8H,1H3. The van der Waals surface area contributed by atoms with Crippen molar-refractivity contribution >= 4 is 38.6 Å². The summed E-state index contributed by atoms with van der Waals surface area (Å²) in [4.78, 5) is 34.0. The van der Waals surface area contributed by atoms with Gasteiger partial charge in [-0.2, -0.15) is 0 Å². The second-order valence-electron chi connectivity index (χ2n) is 5.22. The number of rotatable bonds is 3. The number of esters is 1. The molecule has 0 N–H and O–H groups in total. The fourth-order valence-corrected chi connectivity index (χ4v) is 2.71. The first-order valence-electron chi connectivity index (χ1n) is 7.06. The Kier molecular flexibility index (Phi) is 4.37. The molecule has 1 aromatic heterocycles. The molecule has 0 bridgehead atoms. The summed E-state index contributed by atoms with van der Waals surface area (Å²) in [5, 5.41) is 11.7. The number of nitro groups is 1. The Morgan fingerprint density at radius 3 is 2.68 bits per heavy atom. The fraction of sp³-hybridized carbons (Fsp3) is 0.0588. The number of carbonyl (C=O) groups excluding carboxylic acids is 1. The van der Waals surface area contributed by atoms with E-state index in [0.717, 1.165) is 17.0 Å². The number of carbonyl (C=O) groups is 1. The van der Waals surface area contributed by atoms with Crippen LogP contribution in [0.3, 0.4) is 0 Å².